The van der Waals surface area contributed by atoms with E-state index in [4.69, 9.17) is 0 Å². The first-order valence-corrected chi connectivity index (χ1v) is 11.3. The number of nitrogens with one attached hydrogen (secondary N) is 1. The van der Waals surface area contributed by atoms with Crippen LogP contribution in [0, 0.1) is 11.6 Å². The van der Waals surface area contributed by atoms with Crippen molar-refractivity contribution in [2.24, 2.45) is 0 Å². The summed E-state index contributed by atoms with van der Waals surface area (Å²) in [6, 6.07) is 9.51. The Kier molecular flexibility index (Phi) is 5.58. The van der Waals surface area contributed by atoms with E-state index >= 15 is 0 Å². The zero-order valence-corrected chi connectivity index (χ0v) is 17.1. The lowest BCUT2D eigenvalue weighted by Gasteiger charge is -2.22. The number of nitrogens with zero attached hydrogens (tertiary/aromatic N) is 3. The number of aromatic nitrogens is 2. The van der Waals surface area contributed by atoms with Crippen LogP contribution in [0.15, 0.2) is 53.4 Å². The number of benzene rings is 2. The maximum Gasteiger partial charge on any atom is 0.286 e. The highest BCUT2D eigenvalue weighted by Gasteiger charge is 2.38. The normalized spacial score (nSPS) is 17.2. The molecule has 1 saturated heterocycles. The van der Waals surface area contributed by atoms with E-state index in [0.29, 0.717) is 17.8 Å². The van der Waals surface area contributed by atoms with Gasteiger partial charge in [-0.1, -0.05) is 17.4 Å². The summed E-state index contributed by atoms with van der Waals surface area (Å²) in [7, 11) is -3.85. The number of rotatable bonds is 5. The quantitative estimate of drug-likeness (QED) is 0.641. The number of hydrogen-bond acceptors (Lipinski definition) is 6. The molecule has 2 heterocycles. The largest absolute Gasteiger partial charge is 0.320 e. The van der Waals surface area contributed by atoms with Crippen LogP contribution in [0.3, 0.4) is 0 Å². The third-order valence-corrected chi connectivity index (χ3v) is 7.57. The highest BCUT2D eigenvalue weighted by atomic mass is 32.2. The van der Waals surface area contributed by atoms with E-state index < -0.39 is 33.6 Å². The number of amides is 1. The Morgan fingerprint density at radius 1 is 1.10 bits per heavy atom. The molecule has 4 rings (SSSR count). The molecule has 7 nitrogen and oxygen atoms in total. The zero-order chi connectivity index (χ0) is 21.3. The van der Waals surface area contributed by atoms with Crippen molar-refractivity contribution in [3.63, 3.8) is 0 Å². The van der Waals surface area contributed by atoms with Crippen molar-refractivity contribution in [3.8, 4) is 0 Å². The molecule has 3 aromatic rings. The van der Waals surface area contributed by atoms with Gasteiger partial charge in [0.15, 0.2) is 0 Å². The third-order valence-electron chi connectivity index (χ3n) is 4.63. The van der Waals surface area contributed by atoms with Crippen LogP contribution in [-0.2, 0) is 10.0 Å². The molecule has 0 unspecified atom stereocenters. The van der Waals surface area contributed by atoms with E-state index in [1.54, 1.807) is 0 Å². The Morgan fingerprint density at radius 3 is 2.60 bits per heavy atom. The summed E-state index contributed by atoms with van der Waals surface area (Å²) >= 11 is 0.985. The van der Waals surface area contributed by atoms with Gasteiger partial charge in [-0.15, -0.1) is 10.2 Å². The molecule has 156 valence electrons. The van der Waals surface area contributed by atoms with Crippen LogP contribution in [0.1, 0.15) is 33.7 Å². The van der Waals surface area contributed by atoms with Gasteiger partial charge in [0, 0.05) is 12.2 Å². The smallest absolute Gasteiger partial charge is 0.286 e. The van der Waals surface area contributed by atoms with Crippen molar-refractivity contribution >= 4 is 33.0 Å². The minimum Gasteiger partial charge on any atom is -0.320 e. The van der Waals surface area contributed by atoms with Gasteiger partial charge in [0.05, 0.1) is 10.9 Å². The SMILES string of the molecule is O=C(Nc1cccc(F)c1)c1nnc([C@H]2CCCN2S(=O)(=O)c2ccc(F)cc2)s1. The number of carbonyl (C=O) groups excluding carboxylic acids is 1. The van der Waals surface area contributed by atoms with E-state index in [2.05, 4.69) is 15.5 Å². The summed E-state index contributed by atoms with van der Waals surface area (Å²) in [6.07, 6.45) is 1.15. The highest BCUT2D eigenvalue weighted by molar-refractivity contribution is 7.89. The summed E-state index contributed by atoms with van der Waals surface area (Å²) in [4.78, 5) is 12.4. The Hall–Kier alpha value is -2.76. The van der Waals surface area contributed by atoms with Crippen LogP contribution in [-0.4, -0.2) is 35.4 Å². The van der Waals surface area contributed by atoms with Gasteiger partial charge in [0.25, 0.3) is 5.91 Å². The molecule has 2 aromatic carbocycles. The Morgan fingerprint density at radius 2 is 1.87 bits per heavy atom. The number of halogens is 2. The minimum atomic E-state index is -3.85. The second-order valence-electron chi connectivity index (χ2n) is 6.64. The second kappa shape index (κ2) is 8.17. The van der Waals surface area contributed by atoms with Crippen molar-refractivity contribution in [2.75, 3.05) is 11.9 Å². The van der Waals surface area contributed by atoms with E-state index in [0.717, 1.165) is 23.5 Å². The average molecular weight is 450 g/mol. The monoisotopic (exact) mass is 450 g/mol. The van der Waals surface area contributed by atoms with Crippen molar-refractivity contribution in [1.82, 2.24) is 14.5 Å². The molecule has 30 heavy (non-hydrogen) atoms. The van der Waals surface area contributed by atoms with Crippen molar-refractivity contribution in [3.05, 3.63) is 70.2 Å². The predicted octanol–water partition coefficient (Wildman–Crippen LogP) is 3.59. The van der Waals surface area contributed by atoms with Crippen LogP contribution in [0.4, 0.5) is 14.5 Å². The summed E-state index contributed by atoms with van der Waals surface area (Å²) in [6.45, 7) is 0.286. The average Bonchev–Trinajstić information content (AvgIpc) is 3.38. The first kappa shape index (κ1) is 20.5. The fraction of sp³-hybridized carbons (Fsp3) is 0.211. The third kappa shape index (κ3) is 4.09. The van der Waals surface area contributed by atoms with E-state index in [9.17, 15) is 22.0 Å². The summed E-state index contributed by atoms with van der Waals surface area (Å²) in [5.41, 5.74) is 0.276. The lowest BCUT2D eigenvalue weighted by Crippen LogP contribution is -2.30. The Balaban J connectivity index is 1.54. The van der Waals surface area contributed by atoms with Gasteiger partial charge in [-0.3, -0.25) is 4.79 Å². The molecular formula is C19H16F2N4O3S2. The summed E-state index contributed by atoms with van der Waals surface area (Å²) in [5, 5.41) is 10.9. The van der Waals surface area contributed by atoms with Gasteiger partial charge in [0.2, 0.25) is 15.0 Å². The van der Waals surface area contributed by atoms with Gasteiger partial charge in [-0.25, -0.2) is 17.2 Å². The molecule has 1 N–H and O–H groups in total. The molecular weight excluding hydrogens is 434 g/mol. The molecule has 0 saturated carbocycles. The maximum absolute atomic E-state index is 13.3. The molecule has 0 spiro atoms. The number of anilines is 1. The van der Waals surface area contributed by atoms with Crippen LogP contribution in [0.25, 0.3) is 0 Å². The van der Waals surface area contributed by atoms with E-state index in [1.807, 2.05) is 0 Å². The fourth-order valence-corrected chi connectivity index (χ4v) is 5.84. The minimum absolute atomic E-state index is 0.00983. The molecule has 0 bridgehead atoms. The Bertz CT molecular complexity index is 1180. The standard InChI is InChI=1S/C19H16F2N4O3S2/c20-12-6-8-15(9-7-12)30(27,28)25-10-2-5-16(25)18-23-24-19(29-18)17(26)22-14-4-1-3-13(21)11-14/h1,3-4,6-9,11,16H,2,5,10H2,(H,22,26)/t16-/m1/s1. The van der Waals surface area contributed by atoms with Gasteiger partial charge < -0.3 is 5.32 Å². The van der Waals surface area contributed by atoms with E-state index in [-0.39, 0.29) is 22.1 Å². The van der Waals surface area contributed by atoms with Gasteiger partial charge in [-0.05, 0) is 55.3 Å². The number of hydrogen-bond donors (Lipinski definition) is 1. The van der Waals surface area contributed by atoms with Crippen LogP contribution >= 0.6 is 11.3 Å². The van der Waals surface area contributed by atoms with Gasteiger partial charge in [0.1, 0.15) is 16.6 Å². The zero-order valence-electron chi connectivity index (χ0n) is 15.5. The predicted molar refractivity (Wildman–Crippen MR) is 107 cm³/mol. The fourth-order valence-electron chi connectivity index (χ4n) is 3.23. The molecule has 0 radical (unpaired) electrons. The maximum atomic E-state index is 13.3. The molecule has 1 fully saturated rings. The Labute approximate surface area is 175 Å². The lowest BCUT2D eigenvalue weighted by atomic mass is 10.2. The number of sulfonamides is 1. The molecule has 1 aliphatic heterocycles. The molecule has 0 aliphatic carbocycles. The van der Waals surface area contributed by atoms with Crippen LogP contribution in [0.5, 0.6) is 0 Å². The molecule has 1 aliphatic rings. The lowest BCUT2D eigenvalue weighted by molar-refractivity contribution is 0.102. The van der Waals surface area contributed by atoms with E-state index in [1.165, 1.54) is 40.7 Å². The van der Waals surface area contributed by atoms with Crippen molar-refractivity contribution < 1.29 is 22.0 Å². The van der Waals surface area contributed by atoms with Gasteiger partial charge in [-0.2, -0.15) is 4.31 Å². The highest BCUT2D eigenvalue weighted by Crippen LogP contribution is 2.37. The van der Waals surface area contributed by atoms with Crippen molar-refractivity contribution in [1.29, 1.82) is 0 Å². The topological polar surface area (TPSA) is 92.3 Å². The first-order chi connectivity index (χ1) is 14.3. The van der Waals surface area contributed by atoms with Crippen LogP contribution < -0.4 is 5.32 Å². The van der Waals surface area contributed by atoms with Crippen molar-refractivity contribution in [2.45, 2.75) is 23.8 Å². The first-order valence-electron chi connectivity index (χ1n) is 9.02. The van der Waals surface area contributed by atoms with Crippen LogP contribution in [0.2, 0.25) is 0 Å². The molecule has 11 heteroatoms. The summed E-state index contributed by atoms with van der Waals surface area (Å²) < 4.78 is 53.7. The molecule has 1 atom stereocenters. The molecule has 1 aromatic heterocycles. The van der Waals surface area contributed by atoms with Gasteiger partial charge >= 0.3 is 0 Å². The molecule has 1 amide bonds. The number of carbonyl (C=O) groups is 1. The second-order valence-corrected chi connectivity index (χ2v) is 9.54. The summed E-state index contributed by atoms with van der Waals surface area (Å²) in [5.74, 6) is -1.57.